The summed E-state index contributed by atoms with van der Waals surface area (Å²) in [7, 11) is 0. The normalized spacial score (nSPS) is 13.6. The van der Waals surface area contributed by atoms with Gasteiger partial charge in [-0.05, 0) is 67.0 Å². The minimum absolute atomic E-state index is 1.08. The van der Waals surface area contributed by atoms with Gasteiger partial charge in [0.25, 0.3) is 0 Å². The van der Waals surface area contributed by atoms with E-state index in [1.165, 1.54) is 44.4 Å². The Bertz CT molecular complexity index is 892. The molecule has 0 N–H and O–H groups in total. The number of hydrogen-bond acceptors (Lipinski definition) is 1. The summed E-state index contributed by atoms with van der Waals surface area (Å²) in [5, 5.41) is 2.81. The van der Waals surface area contributed by atoms with Gasteiger partial charge in [-0.2, -0.15) is 0 Å². The first-order chi connectivity index (χ1) is 11.2. The number of para-hydroxylation sites is 1. The van der Waals surface area contributed by atoms with Crippen molar-refractivity contribution in [3.05, 3.63) is 70.8 Å². The van der Waals surface area contributed by atoms with Crippen molar-refractivity contribution in [3.8, 4) is 0 Å². The van der Waals surface area contributed by atoms with Gasteiger partial charge >= 0.3 is 0 Å². The highest BCUT2D eigenvalue weighted by atomic mass is 15.2. The first-order valence-electron chi connectivity index (χ1n) is 8.57. The standard InChI is InChI=1S/C22H23N/c1-4-18-16(3)14-22(20-13-15(2)9-10-19(18)20)23-12-11-17-7-5-6-8-21(17)23/h5-10,13-14H,4,11-12H2,1-3H3. The fourth-order valence-corrected chi connectivity index (χ4v) is 4.00. The number of nitrogens with zero attached hydrogens (tertiary/aromatic N) is 1. The summed E-state index contributed by atoms with van der Waals surface area (Å²) in [5.74, 6) is 0. The van der Waals surface area contributed by atoms with E-state index in [-0.39, 0.29) is 0 Å². The molecule has 1 aliphatic heterocycles. The average Bonchev–Trinajstić information content (AvgIpc) is 2.98. The molecule has 1 aliphatic rings. The third-order valence-electron chi connectivity index (χ3n) is 5.14. The molecule has 1 heteroatoms. The number of fused-ring (bicyclic) bond motifs is 2. The van der Waals surface area contributed by atoms with E-state index >= 15 is 0 Å². The van der Waals surface area contributed by atoms with Crippen LogP contribution in [0.5, 0.6) is 0 Å². The lowest BCUT2D eigenvalue weighted by Crippen LogP contribution is -2.14. The van der Waals surface area contributed by atoms with E-state index in [0.717, 1.165) is 19.4 Å². The highest BCUT2D eigenvalue weighted by Crippen LogP contribution is 2.40. The van der Waals surface area contributed by atoms with Gasteiger partial charge in [0.15, 0.2) is 0 Å². The minimum Gasteiger partial charge on any atom is -0.340 e. The van der Waals surface area contributed by atoms with E-state index in [4.69, 9.17) is 0 Å². The van der Waals surface area contributed by atoms with Crippen LogP contribution in [0.3, 0.4) is 0 Å². The van der Waals surface area contributed by atoms with Crippen molar-refractivity contribution < 1.29 is 0 Å². The highest BCUT2D eigenvalue weighted by molar-refractivity contribution is 6.00. The molecule has 1 heterocycles. The summed E-state index contributed by atoms with van der Waals surface area (Å²) in [4.78, 5) is 2.50. The monoisotopic (exact) mass is 301 g/mol. The van der Waals surface area contributed by atoms with Crippen molar-refractivity contribution in [2.24, 2.45) is 0 Å². The average molecular weight is 301 g/mol. The van der Waals surface area contributed by atoms with Crippen molar-refractivity contribution in [3.63, 3.8) is 0 Å². The molecule has 0 radical (unpaired) electrons. The Balaban J connectivity index is 2.00. The molecule has 0 spiro atoms. The molecular formula is C22H23N. The van der Waals surface area contributed by atoms with E-state index in [1.54, 1.807) is 0 Å². The zero-order valence-electron chi connectivity index (χ0n) is 14.2. The number of aryl methyl sites for hydroxylation is 3. The summed E-state index contributed by atoms with van der Waals surface area (Å²) in [5.41, 5.74) is 8.42. The summed E-state index contributed by atoms with van der Waals surface area (Å²) in [6, 6.07) is 18.1. The van der Waals surface area contributed by atoms with E-state index in [0.29, 0.717) is 0 Å². The molecule has 3 aromatic rings. The van der Waals surface area contributed by atoms with Crippen molar-refractivity contribution in [2.45, 2.75) is 33.6 Å². The molecule has 0 aromatic heterocycles. The third kappa shape index (κ3) is 2.23. The van der Waals surface area contributed by atoms with Crippen LogP contribution >= 0.6 is 0 Å². The van der Waals surface area contributed by atoms with E-state index in [9.17, 15) is 0 Å². The topological polar surface area (TPSA) is 3.24 Å². The molecule has 0 atom stereocenters. The SMILES string of the molecule is CCc1c(C)cc(N2CCc3ccccc32)c2cc(C)ccc12. The predicted octanol–water partition coefficient (Wildman–Crippen LogP) is 5.71. The van der Waals surface area contributed by atoms with Gasteiger partial charge in [0.05, 0.1) is 0 Å². The smallest absolute Gasteiger partial charge is 0.0493 e. The summed E-state index contributed by atoms with van der Waals surface area (Å²) in [6.07, 6.45) is 2.22. The second kappa shape index (κ2) is 5.42. The van der Waals surface area contributed by atoms with Gasteiger partial charge < -0.3 is 4.90 Å². The Morgan fingerprint density at radius 1 is 0.913 bits per heavy atom. The maximum atomic E-state index is 2.50. The van der Waals surface area contributed by atoms with Crippen LogP contribution < -0.4 is 4.90 Å². The Morgan fingerprint density at radius 2 is 1.74 bits per heavy atom. The van der Waals surface area contributed by atoms with Gasteiger partial charge in [-0.15, -0.1) is 0 Å². The quantitative estimate of drug-likeness (QED) is 0.585. The summed E-state index contributed by atoms with van der Waals surface area (Å²) < 4.78 is 0. The van der Waals surface area contributed by atoms with Crippen LogP contribution in [0.25, 0.3) is 10.8 Å². The minimum atomic E-state index is 1.08. The van der Waals surface area contributed by atoms with Crippen LogP contribution in [0.4, 0.5) is 11.4 Å². The lowest BCUT2D eigenvalue weighted by atomic mass is 9.94. The number of rotatable bonds is 2. The molecule has 0 fully saturated rings. The lowest BCUT2D eigenvalue weighted by Gasteiger charge is -2.24. The molecule has 3 aromatic carbocycles. The largest absolute Gasteiger partial charge is 0.340 e. The molecule has 0 saturated carbocycles. The molecule has 116 valence electrons. The van der Waals surface area contributed by atoms with E-state index in [1.807, 2.05) is 0 Å². The first kappa shape index (κ1) is 14.3. The van der Waals surface area contributed by atoms with Crippen LogP contribution in [0.2, 0.25) is 0 Å². The zero-order valence-corrected chi connectivity index (χ0v) is 14.2. The second-order valence-electron chi connectivity index (χ2n) is 6.62. The van der Waals surface area contributed by atoms with Crippen LogP contribution in [0.1, 0.15) is 29.2 Å². The molecule has 23 heavy (non-hydrogen) atoms. The number of anilines is 2. The van der Waals surface area contributed by atoms with Gasteiger partial charge in [0.2, 0.25) is 0 Å². The Hall–Kier alpha value is -2.28. The lowest BCUT2D eigenvalue weighted by molar-refractivity contribution is 0.999. The summed E-state index contributed by atoms with van der Waals surface area (Å²) >= 11 is 0. The first-order valence-corrected chi connectivity index (χ1v) is 8.57. The Morgan fingerprint density at radius 3 is 2.57 bits per heavy atom. The molecule has 0 aliphatic carbocycles. The molecule has 4 rings (SSSR count). The number of hydrogen-bond donors (Lipinski definition) is 0. The van der Waals surface area contributed by atoms with Crippen molar-refractivity contribution in [2.75, 3.05) is 11.4 Å². The maximum absolute atomic E-state index is 2.50. The van der Waals surface area contributed by atoms with Crippen LogP contribution in [0, 0.1) is 13.8 Å². The molecular weight excluding hydrogens is 278 g/mol. The summed E-state index contributed by atoms with van der Waals surface area (Å²) in [6.45, 7) is 7.77. The van der Waals surface area contributed by atoms with Crippen molar-refractivity contribution >= 4 is 22.1 Å². The molecule has 1 nitrogen and oxygen atoms in total. The van der Waals surface area contributed by atoms with Gasteiger partial charge in [0.1, 0.15) is 0 Å². The zero-order chi connectivity index (χ0) is 16.0. The van der Waals surface area contributed by atoms with Gasteiger partial charge in [-0.25, -0.2) is 0 Å². The Labute approximate surface area is 138 Å². The third-order valence-corrected chi connectivity index (χ3v) is 5.14. The van der Waals surface area contributed by atoms with E-state index < -0.39 is 0 Å². The van der Waals surface area contributed by atoms with E-state index in [2.05, 4.69) is 74.2 Å². The van der Waals surface area contributed by atoms with Crippen molar-refractivity contribution in [1.82, 2.24) is 0 Å². The van der Waals surface area contributed by atoms with Gasteiger partial charge in [0, 0.05) is 23.3 Å². The fourth-order valence-electron chi connectivity index (χ4n) is 4.00. The van der Waals surface area contributed by atoms with Gasteiger partial charge in [-0.1, -0.05) is 42.8 Å². The second-order valence-corrected chi connectivity index (χ2v) is 6.62. The maximum Gasteiger partial charge on any atom is 0.0493 e. The predicted molar refractivity (Wildman–Crippen MR) is 100.0 cm³/mol. The van der Waals surface area contributed by atoms with Crippen LogP contribution in [-0.4, -0.2) is 6.54 Å². The molecule has 0 amide bonds. The molecule has 0 unspecified atom stereocenters. The number of benzene rings is 3. The Kier molecular flexibility index (Phi) is 3.37. The van der Waals surface area contributed by atoms with Crippen molar-refractivity contribution in [1.29, 1.82) is 0 Å². The van der Waals surface area contributed by atoms with Gasteiger partial charge in [-0.3, -0.25) is 0 Å². The van der Waals surface area contributed by atoms with Crippen LogP contribution in [-0.2, 0) is 12.8 Å². The molecule has 0 bridgehead atoms. The van der Waals surface area contributed by atoms with Crippen LogP contribution in [0.15, 0.2) is 48.5 Å². The highest BCUT2D eigenvalue weighted by Gasteiger charge is 2.22. The fraction of sp³-hybridized carbons (Fsp3) is 0.273. The molecule has 0 saturated heterocycles.